The Bertz CT molecular complexity index is 710. The van der Waals surface area contributed by atoms with Gasteiger partial charge in [-0.25, -0.2) is 0 Å². The van der Waals surface area contributed by atoms with Crippen molar-refractivity contribution in [3.63, 3.8) is 0 Å². The van der Waals surface area contributed by atoms with Crippen molar-refractivity contribution in [3.8, 4) is 28.6 Å². The highest BCUT2D eigenvalue weighted by Gasteiger charge is 2.13. The first kappa shape index (κ1) is 11.5. The van der Waals surface area contributed by atoms with Gasteiger partial charge in [-0.3, -0.25) is 0 Å². The van der Waals surface area contributed by atoms with Crippen molar-refractivity contribution in [3.05, 3.63) is 48.5 Å². The molecule has 1 N–H and O–H groups in total. The molecule has 0 aliphatic rings. The van der Waals surface area contributed by atoms with E-state index in [0.29, 0.717) is 17.3 Å². The Balaban J connectivity index is 2.04. The first-order chi connectivity index (χ1) is 9.24. The standard InChI is InChI=1S/C14H11BN2O2/c15-10-6-7-12(18)11(8-10)13-16-14(19-17-13)9-4-2-1-3-5-9/h1-8,18H,15H2. The zero-order valence-corrected chi connectivity index (χ0v) is 10.4. The van der Waals surface area contributed by atoms with Crippen molar-refractivity contribution in [2.75, 3.05) is 0 Å². The van der Waals surface area contributed by atoms with E-state index >= 15 is 0 Å². The lowest BCUT2D eigenvalue weighted by atomic mass is 9.94. The third-order valence-corrected chi connectivity index (χ3v) is 2.84. The van der Waals surface area contributed by atoms with Gasteiger partial charge in [0.05, 0.1) is 5.56 Å². The van der Waals surface area contributed by atoms with Gasteiger partial charge >= 0.3 is 0 Å². The molecule has 0 amide bonds. The summed E-state index contributed by atoms with van der Waals surface area (Å²) in [6, 6.07) is 14.8. The minimum absolute atomic E-state index is 0.144. The van der Waals surface area contributed by atoms with Gasteiger partial charge in [-0.2, -0.15) is 4.98 Å². The molecule has 1 aromatic heterocycles. The molecule has 0 saturated carbocycles. The average molecular weight is 250 g/mol. The van der Waals surface area contributed by atoms with Crippen LogP contribution in [0.15, 0.2) is 53.1 Å². The molecule has 3 aromatic rings. The van der Waals surface area contributed by atoms with Crippen molar-refractivity contribution >= 4 is 13.3 Å². The van der Waals surface area contributed by atoms with Crippen molar-refractivity contribution in [1.29, 1.82) is 0 Å². The van der Waals surface area contributed by atoms with E-state index in [4.69, 9.17) is 4.52 Å². The van der Waals surface area contributed by atoms with Crippen LogP contribution in [0.5, 0.6) is 5.75 Å². The highest BCUT2D eigenvalue weighted by molar-refractivity contribution is 6.32. The van der Waals surface area contributed by atoms with Crippen LogP contribution in [0.25, 0.3) is 22.8 Å². The van der Waals surface area contributed by atoms with Crippen LogP contribution in [-0.4, -0.2) is 23.1 Å². The Morgan fingerprint density at radius 2 is 1.84 bits per heavy atom. The maximum atomic E-state index is 9.85. The van der Waals surface area contributed by atoms with Gasteiger partial charge in [0, 0.05) is 5.56 Å². The second kappa shape index (κ2) is 4.61. The summed E-state index contributed by atoms with van der Waals surface area (Å²) in [6.07, 6.45) is 0. The van der Waals surface area contributed by atoms with Gasteiger partial charge in [0.2, 0.25) is 5.82 Å². The number of benzene rings is 2. The molecule has 0 spiro atoms. The second-order valence-electron chi connectivity index (χ2n) is 4.31. The van der Waals surface area contributed by atoms with Crippen LogP contribution in [0.4, 0.5) is 0 Å². The normalized spacial score (nSPS) is 10.5. The lowest BCUT2D eigenvalue weighted by Crippen LogP contribution is -2.01. The molecule has 0 aliphatic carbocycles. The SMILES string of the molecule is Bc1ccc(O)c(-c2noc(-c3ccccc3)n2)c1. The smallest absolute Gasteiger partial charge is 0.258 e. The van der Waals surface area contributed by atoms with Crippen LogP contribution < -0.4 is 5.46 Å². The zero-order chi connectivity index (χ0) is 13.2. The molecule has 0 radical (unpaired) electrons. The van der Waals surface area contributed by atoms with Gasteiger partial charge in [-0.15, -0.1) is 0 Å². The number of hydrogen-bond acceptors (Lipinski definition) is 4. The number of nitrogens with zero attached hydrogens (tertiary/aromatic N) is 2. The maximum Gasteiger partial charge on any atom is 0.258 e. The number of aromatic nitrogens is 2. The van der Waals surface area contributed by atoms with E-state index in [2.05, 4.69) is 10.1 Å². The Kier molecular flexibility index (Phi) is 2.80. The Hall–Kier alpha value is -2.56. The van der Waals surface area contributed by atoms with Gasteiger partial charge in [0.25, 0.3) is 5.89 Å². The largest absolute Gasteiger partial charge is 0.507 e. The van der Waals surface area contributed by atoms with Crippen molar-refractivity contribution in [1.82, 2.24) is 10.1 Å². The molecular formula is C14H11BN2O2. The summed E-state index contributed by atoms with van der Waals surface area (Å²) in [5, 5.41) is 13.8. The quantitative estimate of drug-likeness (QED) is 0.698. The van der Waals surface area contributed by atoms with Crippen LogP contribution in [-0.2, 0) is 0 Å². The lowest BCUT2D eigenvalue weighted by Gasteiger charge is -2.00. The summed E-state index contributed by atoms with van der Waals surface area (Å²) >= 11 is 0. The molecule has 0 aliphatic heterocycles. The summed E-state index contributed by atoms with van der Waals surface area (Å²) < 4.78 is 5.23. The number of phenols is 1. The van der Waals surface area contributed by atoms with Crippen LogP contribution >= 0.6 is 0 Å². The van der Waals surface area contributed by atoms with Gasteiger partial charge in [0.1, 0.15) is 13.6 Å². The summed E-state index contributed by atoms with van der Waals surface area (Å²) in [5.41, 5.74) is 2.46. The Morgan fingerprint density at radius 1 is 1.05 bits per heavy atom. The molecule has 2 aromatic carbocycles. The van der Waals surface area contributed by atoms with E-state index in [1.807, 2.05) is 50.3 Å². The summed E-state index contributed by atoms with van der Waals surface area (Å²) in [4.78, 5) is 4.31. The number of phenolic OH excluding ortho intramolecular Hbond substituents is 1. The average Bonchev–Trinajstić information content (AvgIpc) is 2.92. The molecule has 19 heavy (non-hydrogen) atoms. The summed E-state index contributed by atoms with van der Waals surface area (Å²) in [6.45, 7) is 0. The van der Waals surface area contributed by atoms with E-state index in [1.165, 1.54) is 0 Å². The van der Waals surface area contributed by atoms with E-state index in [9.17, 15) is 5.11 Å². The third-order valence-electron chi connectivity index (χ3n) is 2.84. The van der Waals surface area contributed by atoms with Crippen LogP contribution in [0.2, 0.25) is 0 Å². The summed E-state index contributed by atoms with van der Waals surface area (Å²) in [5.74, 6) is 0.975. The van der Waals surface area contributed by atoms with E-state index in [-0.39, 0.29) is 5.75 Å². The molecule has 0 unspecified atom stereocenters. The fraction of sp³-hybridized carbons (Fsp3) is 0. The van der Waals surface area contributed by atoms with Gasteiger partial charge in [-0.1, -0.05) is 41.0 Å². The maximum absolute atomic E-state index is 9.85. The molecular weight excluding hydrogens is 239 g/mol. The predicted octanol–water partition coefficient (Wildman–Crippen LogP) is 1.37. The van der Waals surface area contributed by atoms with E-state index in [1.54, 1.807) is 6.07 Å². The minimum Gasteiger partial charge on any atom is -0.507 e. The first-order valence-corrected chi connectivity index (χ1v) is 5.93. The van der Waals surface area contributed by atoms with Gasteiger partial charge in [-0.05, 0) is 18.2 Å². The second-order valence-corrected chi connectivity index (χ2v) is 4.31. The predicted molar refractivity (Wildman–Crippen MR) is 75.0 cm³/mol. The van der Waals surface area contributed by atoms with Crippen molar-refractivity contribution < 1.29 is 9.63 Å². The molecule has 3 rings (SSSR count). The first-order valence-electron chi connectivity index (χ1n) is 5.93. The molecule has 0 fully saturated rings. The molecule has 0 atom stereocenters. The van der Waals surface area contributed by atoms with Crippen molar-refractivity contribution in [2.24, 2.45) is 0 Å². The molecule has 5 heteroatoms. The van der Waals surface area contributed by atoms with Crippen LogP contribution in [0, 0.1) is 0 Å². The molecule has 1 heterocycles. The highest BCUT2D eigenvalue weighted by Crippen LogP contribution is 2.27. The fourth-order valence-electron chi connectivity index (χ4n) is 1.86. The molecule has 0 bridgehead atoms. The number of hydrogen-bond donors (Lipinski definition) is 1. The Labute approximate surface area is 111 Å². The van der Waals surface area contributed by atoms with Gasteiger partial charge in [0.15, 0.2) is 0 Å². The fourth-order valence-corrected chi connectivity index (χ4v) is 1.86. The summed E-state index contributed by atoms with van der Waals surface area (Å²) in [7, 11) is 1.95. The lowest BCUT2D eigenvalue weighted by molar-refractivity contribution is 0.431. The van der Waals surface area contributed by atoms with Crippen LogP contribution in [0.3, 0.4) is 0 Å². The molecule has 4 nitrogen and oxygen atoms in total. The molecule has 92 valence electrons. The van der Waals surface area contributed by atoms with E-state index < -0.39 is 0 Å². The highest BCUT2D eigenvalue weighted by atomic mass is 16.5. The molecule has 0 saturated heterocycles. The van der Waals surface area contributed by atoms with Gasteiger partial charge < -0.3 is 9.63 Å². The monoisotopic (exact) mass is 250 g/mol. The zero-order valence-electron chi connectivity index (χ0n) is 10.4. The minimum atomic E-state index is 0.144. The van der Waals surface area contributed by atoms with E-state index in [0.717, 1.165) is 11.0 Å². The Morgan fingerprint density at radius 3 is 2.63 bits per heavy atom. The topological polar surface area (TPSA) is 59.2 Å². The van der Waals surface area contributed by atoms with Crippen molar-refractivity contribution in [2.45, 2.75) is 0 Å². The third kappa shape index (κ3) is 2.22. The number of aromatic hydroxyl groups is 1. The number of rotatable bonds is 2. The van der Waals surface area contributed by atoms with Crippen LogP contribution in [0.1, 0.15) is 0 Å².